The molecule has 0 unspecified atom stereocenters. The second-order valence-electron chi connectivity index (χ2n) is 5.98. The van der Waals surface area contributed by atoms with Crippen LogP contribution < -0.4 is 10.2 Å². The zero-order chi connectivity index (χ0) is 17.4. The molecule has 9 nitrogen and oxygen atoms in total. The van der Waals surface area contributed by atoms with E-state index in [1.54, 1.807) is 29.2 Å². The molecule has 0 radical (unpaired) electrons. The van der Waals surface area contributed by atoms with Gasteiger partial charge in [-0.05, 0) is 25.0 Å². The van der Waals surface area contributed by atoms with Crippen LogP contribution in [-0.2, 0) is 9.59 Å². The summed E-state index contributed by atoms with van der Waals surface area (Å²) in [5.74, 6) is -0.606. The van der Waals surface area contributed by atoms with Gasteiger partial charge in [-0.1, -0.05) is 12.1 Å². The van der Waals surface area contributed by atoms with Crippen LogP contribution in [0, 0.1) is 0 Å². The summed E-state index contributed by atoms with van der Waals surface area (Å²) in [6, 6.07) is 6.36. The molecule has 1 aromatic heterocycles. The number of fused-ring (bicyclic) bond motifs is 2. The highest BCUT2D eigenvalue weighted by Crippen LogP contribution is 2.32. The summed E-state index contributed by atoms with van der Waals surface area (Å²) in [4.78, 5) is 44.9. The first-order valence-corrected chi connectivity index (χ1v) is 8.02. The number of carbonyl (C=O) groups excluding carboxylic acids is 3. The fourth-order valence-electron chi connectivity index (χ4n) is 3.35. The molecule has 0 spiro atoms. The SMILES string of the molecule is O=C(CN1C(=O)[C@@H]2CCCN2C(=O)c2ccccc21)Nc1ncn[nH]1. The molecule has 2 aliphatic rings. The van der Waals surface area contributed by atoms with E-state index in [1.807, 2.05) is 0 Å². The van der Waals surface area contributed by atoms with Crippen molar-refractivity contribution < 1.29 is 14.4 Å². The van der Waals surface area contributed by atoms with E-state index in [1.165, 1.54) is 11.2 Å². The second-order valence-corrected chi connectivity index (χ2v) is 5.98. The molecule has 2 aromatic rings. The van der Waals surface area contributed by atoms with Crippen LogP contribution in [0.1, 0.15) is 23.2 Å². The first-order chi connectivity index (χ1) is 12.1. The second kappa shape index (κ2) is 6.00. The van der Waals surface area contributed by atoms with E-state index in [0.29, 0.717) is 24.2 Å². The van der Waals surface area contributed by atoms with Gasteiger partial charge in [-0.2, -0.15) is 10.1 Å². The number of H-pyrrole nitrogens is 1. The molecule has 128 valence electrons. The monoisotopic (exact) mass is 340 g/mol. The number of carbonyl (C=O) groups is 3. The molecule has 0 saturated carbocycles. The van der Waals surface area contributed by atoms with Crippen LogP contribution in [0.2, 0.25) is 0 Å². The summed E-state index contributed by atoms with van der Waals surface area (Å²) >= 11 is 0. The summed E-state index contributed by atoms with van der Waals surface area (Å²) < 4.78 is 0. The molecule has 0 bridgehead atoms. The predicted molar refractivity (Wildman–Crippen MR) is 87.9 cm³/mol. The molecule has 9 heteroatoms. The Kier molecular flexibility index (Phi) is 3.68. The van der Waals surface area contributed by atoms with E-state index in [9.17, 15) is 14.4 Å². The number of para-hydroxylation sites is 1. The highest BCUT2D eigenvalue weighted by molar-refractivity contribution is 6.13. The lowest BCUT2D eigenvalue weighted by Gasteiger charge is -2.25. The fourth-order valence-corrected chi connectivity index (χ4v) is 3.35. The Labute approximate surface area is 143 Å². The minimum absolute atomic E-state index is 0.162. The Morgan fingerprint density at radius 2 is 2.16 bits per heavy atom. The van der Waals surface area contributed by atoms with Crippen molar-refractivity contribution in [1.29, 1.82) is 0 Å². The van der Waals surface area contributed by atoms with Gasteiger partial charge in [-0.15, -0.1) is 0 Å². The molecule has 1 saturated heterocycles. The highest BCUT2D eigenvalue weighted by atomic mass is 16.2. The van der Waals surface area contributed by atoms with Crippen molar-refractivity contribution in [2.24, 2.45) is 0 Å². The number of aromatic nitrogens is 3. The molecule has 1 atom stereocenters. The topological polar surface area (TPSA) is 111 Å². The van der Waals surface area contributed by atoms with E-state index in [4.69, 9.17) is 0 Å². The average molecular weight is 340 g/mol. The van der Waals surface area contributed by atoms with Crippen molar-refractivity contribution in [2.45, 2.75) is 18.9 Å². The van der Waals surface area contributed by atoms with E-state index in [-0.39, 0.29) is 24.3 Å². The number of aromatic amines is 1. The molecule has 25 heavy (non-hydrogen) atoms. The van der Waals surface area contributed by atoms with Gasteiger partial charge in [0, 0.05) is 6.54 Å². The number of nitrogens with one attached hydrogen (secondary N) is 2. The molecule has 1 fully saturated rings. The third-order valence-electron chi connectivity index (χ3n) is 4.46. The maximum Gasteiger partial charge on any atom is 0.256 e. The third-order valence-corrected chi connectivity index (χ3v) is 4.46. The summed E-state index contributed by atoms with van der Waals surface area (Å²) in [5.41, 5.74) is 0.896. The quantitative estimate of drug-likeness (QED) is 0.840. The lowest BCUT2D eigenvalue weighted by molar-refractivity contribution is -0.124. The van der Waals surface area contributed by atoms with Gasteiger partial charge in [0.05, 0.1) is 11.3 Å². The Balaban J connectivity index is 1.67. The third kappa shape index (κ3) is 2.63. The number of hydrogen-bond donors (Lipinski definition) is 2. The number of benzene rings is 1. The number of anilines is 2. The van der Waals surface area contributed by atoms with Crippen LogP contribution in [0.4, 0.5) is 11.6 Å². The van der Waals surface area contributed by atoms with E-state index in [0.717, 1.165) is 6.42 Å². The van der Waals surface area contributed by atoms with Crippen molar-refractivity contribution in [1.82, 2.24) is 20.1 Å². The number of nitrogens with zero attached hydrogens (tertiary/aromatic N) is 4. The Morgan fingerprint density at radius 1 is 1.32 bits per heavy atom. The Morgan fingerprint density at radius 3 is 2.96 bits per heavy atom. The van der Waals surface area contributed by atoms with Crippen molar-refractivity contribution in [2.75, 3.05) is 23.3 Å². The molecule has 1 aromatic carbocycles. The standard InChI is InChI=1S/C16H16N6O3/c23-13(19-16-17-9-18-20-16)8-22-11-5-2-1-4-10(11)14(24)21-7-3-6-12(21)15(22)25/h1-2,4-5,9,12H,3,6-8H2,(H2,17,18,19,20,23)/t12-/m0/s1. The van der Waals surface area contributed by atoms with Crippen LogP contribution in [0.3, 0.4) is 0 Å². The zero-order valence-electron chi connectivity index (χ0n) is 13.3. The van der Waals surface area contributed by atoms with Gasteiger partial charge < -0.3 is 9.80 Å². The number of amides is 3. The summed E-state index contributed by atoms with van der Waals surface area (Å²) in [5, 5.41) is 8.74. The van der Waals surface area contributed by atoms with Crippen molar-refractivity contribution in [3.8, 4) is 0 Å². The van der Waals surface area contributed by atoms with E-state index >= 15 is 0 Å². The zero-order valence-corrected chi connectivity index (χ0v) is 13.3. The fraction of sp³-hybridized carbons (Fsp3) is 0.312. The first-order valence-electron chi connectivity index (χ1n) is 8.02. The van der Waals surface area contributed by atoms with Crippen LogP contribution in [0.5, 0.6) is 0 Å². The molecular formula is C16H16N6O3. The number of rotatable bonds is 3. The van der Waals surface area contributed by atoms with Crippen molar-refractivity contribution >= 4 is 29.4 Å². The molecular weight excluding hydrogens is 324 g/mol. The lowest BCUT2D eigenvalue weighted by Crippen LogP contribution is -2.47. The summed E-state index contributed by atoms with van der Waals surface area (Å²) in [6.45, 7) is 0.357. The van der Waals surface area contributed by atoms with E-state index in [2.05, 4.69) is 20.5 Å². The maximum atomic E-state index is 13.0. The van der Waals surface area contributed by atoms with Gasteiger partial charge in [0.15, 0.2) is 0 Å². The molecule has 2 aliphatic heterocycles. The Hall–Kier alpha value is -3.23. The van der Waals surface area contributed by atoms with Gasteiger partial charge in [-0.25, -0.2) is 5.10 Å². The first kappa shape index (κ1) is 15.3. The predicted octanol–water partition coefficient (Wildman–Crippen LogP) is 0.395. The van der Waals surface area contributed by atoms with Crippen LogP contribution >= 0.6 is 0 Å². The summed E-state index contributed by atoms with van der Waals surface area (Å²) in [6.07, 6.45) is 2.66. The average Bonchev–Trinajstić information content (AvgIpc) is 3.28. The van der Waals surface area contributed by atoms with Crippen molar-refractivity contribution in [3.05, 3.63) is 36.2 Å². The molecule has 0 aliphatic carbocycles. The van der Waals surface area contributed by atoms with Crippen molar-refractivity contribution in [3.63, 3.8) is 0 Å². The van der Waals surface area contributed by atoms with Crippen LogP contribution in [0.15, 0.2) is 30.6 Å². The lowest BCUT2D eigenvalue weighted by atomic mass is 10.1. The minimum atomic E-state index is -0.516. The largest absolute Gasteiger partial charge is 0.327 e. The van der Waals surface area contributed by atoms with Gasteiger partial charge in [0.2, 0.25) is 17.8 Å². The highest BCUT2D eigenvalue weighted by Gasteiger charge is 2.42. The molecule has 3 heterocycles. The van der Waals surface area contributed by atoms with Crippen LogP contribution in [0.25, 0.3) is 0 Å². The minimum Gasteiger partial charge on any atom is -0.327 e. The van der Waals surface area contributed by atoms with E-state index < -0.39 is 11.9 Å². The number of hydrogen-bond acceptors (Lipinski definition) is 5. The normalized spacial score (nSPS) is 19.4. The maximum absolute atomic E-state index is 13.0. The molecule has 3 amide bonds. The smallest absolute Gasteiger partial charge is 0.256 e. The van der Waals surface area contributed by atoms with Gasteiger partial charge >= 0.3 is 0 Å². The van der Waals surface area contributed by atoms with Crippen LogP contribution in [-0.4, -0.2) is 56.9 Å². The van der Waals surface area contributed by atoms with Gasteiger partial charge in [0.1, 0.15) is 18.9 Å². The molecule has 2 N–H and O–H groups in total. The molecule has 4 rings (SSSR count). The van der Waals surface area contributed by atoms with Gasteiger partial charge in [-0.3, -0.25) is 19.7 Å². The Bertz CT molecular complexity index is 834. The van der Waals surface area contributed by atoms with Gasteiger partial charge in [0.25, 0.3) is 5.91 Å². The summed E-state index contributed by atoms with van der Waals surface area (Å²) in [7, 11) is 0.